The molecular weight excluding hydrogens is 337 g/mol. The average molecular weight is 348 g/mol. The van der Waals surface area contributed by atoms with Crippen LogP contribution in [0.15, 0.2) is 59.8 Å². The molecule has 0 atom stereocenters. The number of aromatic nitrogens is 3. The highest BCUT2D eigenvalue weighted by atomic mass is 35.5. The second kappa shape index (κ2) is 7.09. The van der Waals surface area contributed by atoms with Gasteiger partial charge in [0.2, 0.25) is 0 Å². The lowest BCUT2D eigenvalue weighted by atomic mass is 10.2. The summed E-state index contributed by atoms with van der Waals surface area (Å²) in [6.45, 7) is 0. The summed E-state index contributed by atoms with van der Waals surface area (Å²) in [6, 6.07) is 15.2. The van der Waals surface area contributed by atoms with Crippen molar-refractivity contribution in [2.75, 3.05) is 0 Å². The van der Waals surface area contributed by atoms with E-state index in [0.29, 0.717) is 15.8 Å². The molecule has 6 heteroatoms. The van der Waals surface area contributed by atoms with Gasteiger partial charge in [-0.15, -0.1) is 10.2 Å². The first-order chi connectivity index (χ1) is 10.7. The molecule has 0 bridgehead atoms. The Morgan fingerprint density at radius 1 is 0.864 bits per heavy atom. The van der Waals surface area contributed by atoms with Crippen LogP contribution >= 0.6 is 35.0 Å². The predicted octanol–water partition coefficient (Wildman–Crippen LogP) is 5.14. The van der Waals surface area contributed by atoms with Crippen LogP contribution in [-0.4, -0.2) is 15.2 Å². The van der Waals surface area contributed by atoms with Crippen molar-refractivity contribution in [1.29, 1.82) is 0 Å². The molecule has 0 radical (unpaired) electrons. The van der Waals surface area contributed by atoms with E-state index >= 15 is 0 Å². The quantitative estimate of drug-likeness (QED) is 0.612. The van der Waals surface area contributed by atoms with E-state index in [-0.39, 0.29) is 0 Å². The molecular formula is C16H11Cl2N3S. The molecule has 1 aromatic carbocycles. The normalized spacial score (nSPS) is 10.6. The fraction of sp³-hybridized carbons (Fsp3) is 0.0625. The highest BCUT2D eigenvalue weighted by Crippen LogP contribution is 2.30. The van der Waals surface area contributed by atoms with Crippen LogP contribution in [0, 0.1) is 0 Å². The van der Waals surface area contributed by atoms with E-state index in [1.807, 2.05) is 42.5 Å². The summed E-state index contributed by atoms with van der Waals surface area (Å²) >= 11 is 13.7. The summed E-state index contributed by atoms with van der Waals surface area (Å²) in [4.78, 5) is 4.25. The highest BCUT2D eigenvalue weighted by molar-refractivity contribution is 7.98. The molecule has 0 aliphatic carbocycles. The van der Waals surface area contributed by atoms with Crippen molar-refractivity contribution >= 4 is 35.0 Å². The van der Waals surface area contributed by atoms with Crippen molar-refractivity contribution in [2.45, 2.75) is 10.8 Å². The van der Waals surface area contributed by atoms with E-state index in [9.17, 15) is 0 Å². The van der Waals surface area contributed by atoms with E-state index < -0.39 is 0 Å². The maximum atomic E-state index is 6.18. The van der Waals surface area contributed by atoms with Gasteiger partial charge in [0, 0.05) is 11.9 Å². The molecule has 0 saturated heterocycles. The smallest absolute Gasteiger partial charge is 0.119 e. The summed E-state index contributed by atoms with van der Waals surface area (Å²) in [5.74, 6) is 0.691. The number of nitrogens with zero attached hydrogens (tertiary/aromatic N) is 3. The molecule has 2 aromatic heterocycles. The van der Waals surface area contributed by atoms with Gasteiger partial charge in [-0.3, -0.25) is 4.98 Å². The number of thioether (sulfide) groups is 1. The molecule has 0 unspecified atom stereocenters. The number of pyridine rings is 1. The Labute approximate surface area is 142 Å². The van der Waals surface area contributed by atoms with Gasteiger partial charge in [-0.2, -0.15) is 0 Å². The van der Waals surface area contributed by atoms with E-state index in [4.69, 9.17) is 23.2 Å². The topological polar surface area (TPSA) is 38.7 Å². The van der Waals surface area contributed by atoms with Crippen molar-refractivity contribution in [2.24, 2.45) is 0 Å². The molecule has 2 heterocycles. The van der Waals surface area contributed by atoms with Crippen molar-refractivity contribution in [3.8, 4) is 11.4 Å². The number of benzene rings is 1. The van der Waals surface area contributed by atoms with Gasteiger partial charge >= 0.3 is 0 Å². The third kappa shape index (κ3) is 3.58. The largest absolute Gasteiger partial charge is 0.255 e. The van der Waals surface area contributed by atoms with Gasteiger partial charge in [0.15, 0.2) is 0 Å². The number of halogens is 2. The van der Waals surface area contributed by atoms with Crippen molar-refractivity contribution in [3.05, 3.63) is 70.3 Å². The van der Waals surface area contributed by atoms with Gasteiger partial charge in [0.1, 0.15) is 10.7 Å². The van der Waals surface area contributed by atoms with Crippen LogP contribution in [0.3, 0.4) is 0 Å². The minimum absolute atomic E-state index is 0.566. The van der Waals surface area contributed by atoms with Gasteiger partial charge in [-0.25, -0.2) is 0 Å². The van der Waals surface area contributed by atoms with Crippen molar-refractivity contribution < 1.29 is 0 Å². The van der Waals surface area contributed by atoms with E-state index in [1.54, 1.807) is 24.0 Å². The van der Waals surface area contributed by atoms with Crippen LogP contribution in [0.4, 0.5) is 0 Å². The van der Waals surface area contributed by atoms with Gasteiger partial charge in [-0.1, -0.05) is 53.2 Å². The fourth-order valence-corrected chi connectivity index (χ4v) is 3.13. The highest BCUT2D eigenvalue weighted by Gasteiger charge is 2.06. The second-order valence-electron chi connectivity index (χ2n) is 4.47. The summed E-state index contributed by atoms with van der Waals surface area (Å²) < 4.78 is 0. The lowest BCUT2D eigenvalue weighted by Crippen LogP contribution is -1.91. The van der Waals surface area contributed by atoms with Crippen LogP contribution in [-0.2, 0) is 5.75 Å². The first-order valence-electron chi connectivity index (χ1n) is 6.55. The Bertz CT molecular complexity index is 764. The summed E-state index contributed by atoms with van der Waals surface area (Å²) in [5, 5.41) is 10.4. The molecule has 3 aromatic rings. The van der Waals surface area contributed by atoms with Crippen LogP contribution < -0.4 is 0 Å². The zero-order valence-electron chi connectivity index (χ0n) is 11.4. The SMILES string of the molecule is Clc1cccc(CSc2ccc(-c3ccccn3)nn2)c1Cl. The Kier molecular flexibility index (Phi) is 4.93. The summed E-state index contributed by atoms with van der Waals surface area (Å²) in [7, 11) is 0. The van der Waals surface area contributed by atoms with E-state index in [2.05, 4.69) is 15.2 Å². The third-order valence-electron chi connectivity index (χ3n) is 2.97. The molecule has 110 valence electrons. The average Bonchev–Trinajstić information content (AvgIpc) is 2.57. The maximum Gasteiger partial charge on any atom is 0.119 e. The lowest BCUT2D eigenvalue weighted by Gasteiger charge is -2.05. The zero-order valence-corrected chi connectivity index (χ0v) is 13.7. The first-order valence-corrected chi connectivity index (χ1v) is 8.29. The minimum Gasteiger partial charge on any atom is -0.255 e. The van der Waals surface area contributed by atoms with Gasteiger partial charge < -0.3 is 0 Å². The molecule has 0 aliphatic heterocycles. The Balaban J connectivity index is 1.70. The summed E-state index contributed by atoms with van der Waals surface area (Å²) in [6.07, 6.45) is 1.74. The predicted molar refractivity (Wildman–Crippen MR) is 91.3 cm³/mol. The molecule has 0 saturated carbocycles. The molecule has 0 amide bonds. The summed E-state index contributed by atoms with van der Waals surface area (Å²) in [5.41, 5.74) is 2.55. The lowest BCUT2D eigenvalue weighted by molar-refractivity contribution is 0.931. The minimum atomic E-state index is 0.566. The Morgan fingerprint density at radius 3 is 2.50 bits per heavy atom. The second-order valence-corrected chi connectivity index (χ2v) is 6.25. The van der Waals surface area contributed by atoms with Gasteiger partial charge in [-0.05, 0) is 35.9 Å². The van der Waals surface area contributed by atoms with Crippen molar-refractivity contribution in [1.82, 2.24) is 15.2 Å². The van der Waals surface area contributed by atoms with Gasteiger partial charge in [0.05, 0.1) is 15.7 Å². The van der Waals surface area contributed by atoms with Crippen LogP contribution in [0.25, 0.3) is 11.4 Å². The molecule has 0 spiro atoms. The molecule has 0 N–H and O–H groups in total. The van der Waals surface area contributed by atoms with Crippen LogP contribution in [0.2, 0.25) is 10.0 Å². The molecule has 0 fully saturated rings. The van der Waals surface area contributed by atoms with Crippen molar-refractivity contribution in [3.63, 3.8) is 0 Å². The number of rotatable bonds is 4. The molecule has 3 nitrogen and oxygen atoms in total. The molecule has 0 aliphatic rings. The van der Waals surface area contributed by atoms with Crippen LogP contribution in [0.5, 0.6) is 0 Å². The first kappa shape index (κ1) is 15.3. The van der Waals surface area contributed by atoms with E-state index in [1.165, 1.54) is 0 Å². The number of hydrogen-bond donors (Lipinski definition) is 0. The zero-order chi connectivity index (χ0) is 15.4. The maximum absolute atomic E-state index is 6.18. The monoisotopic (exact) mass is 347 g/mol. The fourth-order valence-electron chi connectivity index (χ4n) is 1.86. The van der Waals surface area contributed by atoms with Gasteiger partial charge in [0.25, 0.3) is 0 Å². The Hall–Kier alpha value is -1.62. The van der Waals surface area contributed by atoms with E-state index in [0.717, 1.165) is 22.0 Å². The molecule has 3 rings (SSSR count). The Morgan fingerprint density at radius 2 is 1.77 bits per heavy atom. The third-order valence-corrected chi connectivity index (χ3v) is 4.80. The van der Waals surface area contributed by atoms with Crippen LogP contribution in [0.1, 0.15) is 5.56 Å². The number of hydrogen-bond acceptors (Lipinski definition) is 4. The molecule has 22 heavy (non-hydrogen) atoms. The standard InChI is InChI=1S/C16H11Cl2N3S/c17-12-5-3-4-11(16(12)18)10-22-15-8-7-14(20-21-15)13-6-1-2-9-19-13/h1-9H,10H2.